The minimum atomic E-state index is 0.562. The second-order valence-corrected chi connectivity index (χ2v) is 6.74. The molecule has 0 atom stereocenters. The fourth-order valence-corrected chi connectivity index (χ4v) is 3.58. The summed E-state index contributed by atoms with van der Waals surface area (Å²) in [5.74, 6) is 2.49. The van der Waals surface area contributed by atoms with Crippen LogP contribution in [0.3, 0.4) is 0 Å². The highest BCUT2D eigenvalue weighted by Crippen LogP contribution is 2.30. The summed E-state index contributed by atoms with van der Waals surface area (Å²) in [5, 5.41) is 3.43. The Morgan fingerprint density at radius 2 is 1.64 bits per heavy atom. The standard InChI is InChI=1S/C24H24NO3/c1-17-11-12-25(24-21(17)15-19(26-2)16-23(24)27-3)13-14-28-22-10-6-8-18-7-4-5-9-20(18)22/h4-12,15-16H,13-14H2,1-3H3/q+1. The number of nitrogens with zero attached hydrogens (tertiary/aromatic N) is 1. The summed E-state index contributed by atoms with van der Waals surface area (Å²) in [6, 6.07) is 20.5. The van der Waals surface area contributed by atoms with E-state index in [-0.39, 0.29) is 0 Å². The molecule has 0 spiro atoms. The molecule has 4 aromatic rings. The van der Waals surface area contributed by atoms with Crippen LogP contribution in [0.2, 0.25) is 0 Å². The first kappa shape index (κ1) is 18.1. The van der Waals surface area contributed by atoms with Gasteiger partial charge in [0.2, 0.25) is 0 Å². The molecule has 1 aromatic heterocycles. The maximum atomic E-state index is 6.13. The van der Waals surface area contributed by atoms with Gasteiger partial charge in [-0.15, -0.1) is 0 Å². The van der Waals surface area contributed by atoms with E-state index in [1.807, 2.05) is 30.3 Å². The molecule has 0 aliphatic heterocycles. The summed E-state index contributed by atoms with van der Waals surface area (Å²) < 4.78 is 19.4. The zero-order valence-electron chi connectivity index (χ0n) is 16.4. The van der Waals surface area contributed by atoms with Crippen LogP contribution in [-0.2, 0) is 6.54 Å². The second-order valence-electron chi connectivity index (χ2n) is 6.74. The molecule has 142 valence electrons. The van der Waals surface area contributed by atoms with Crippen LogP contribution in [0, 0.1) is 6.92 Å². The zero-order valence-corrected chi connectivity index (χ0v) is 16.4. The molecule has 0 saturated carbocycles. The van der Waals surface area contributed by atoms with E-state index < -0.39 is 0 Å². The van der Waals surface area contributed by atoms with Gasteiger partial charge in [0.05, 0.1) is 19.6 Å². The van der Waals surface area contributed by atoms with E-state index in [1.54, 1.807) is 14.2 Å². The summed E-state index contributed by atoms with van der Waals surface area (Å²) in [7, 11) is 3.36. The molecule has 4 nitrogen and oxygen atoms in total. The molecule has 1 heterocycles. The van der Waals surface area contributed by atoms with Crippen molar-refractivity contribution in [3.05, 3.63) is 72.4 Å². The number of rotatable bonds is 6. The third-order valence-corrected chi connectivity index (χ3v) is 5.06. The molecular formula is C24H24NO3+. The summed E-state index contributed by atoms with van der Waals surface area (Å²) in [6.07, 6.45) is 2.08. The normalized spacial score (nSPS) is 11.0. The van der Waals surface area contributed by atoms with E-state index in [0.29, 0.717) is 13.2 Å². The molecule has 0 bridgehead atoms. The molecule has 0 unspecified atom stereocenters. The maximum Gasteiger partial charge on any atom is 0.255 e. The van der Waals surface area contributed by atoms with Crippen molar-refractivity contribution in [1.29, 1.82) is 0 Å². The van der Waals surface area contributed by atoms with Crippen LogP contribution in [0.25, 0.3) is 21.7 Å². The average molecular weight is 374 g/mol. The smallest absolute Gasteiger partial charge is 0.255 e. The van der Waals surface area contributed by atoms with Crippen molar-refractivity contribution in [3.8, 4) is 17.2 Å². The van der Waals surface area contributed by atoms with E-state index in [9.17, 15) is 0 Å². The number of methoxy groups -OCH3 is 2. The lowest BCUT2D eigenvalue weighted by Crippen LogP contribution is -2.37. The van der Waals surface area contributed by atoms with Gasteiger partial charge in [-0.2, -0.15) is 4.57 Å². The van der Waals surface area contributed by atoms with Gasteiger partial charge >= 0.3 is 0 Å². The van der Waals surface area contributed by atoms with Gasteiger partial charge in [0.25, 0.3) is 5.52 Å². The second kappa shape index (κ2) is 7.77. The highest BCUT2D eigenvalue weighted by Gasteiger charge is 2.18. The summed E-state index contributed by atoms with van der Waals surface area (Å²) in [6.45, 7) is 3.37. The number of hydrogen-bond donors (Lipinski definition) is 0. The molecule has 0 fully saturated rings. The lowest BCUT2D eigenvalue weighted by molar-refractivity contribution is -0.672. The van der Waals surface area contributed by atoms with Gasteiger partial charge in [-0.25, -0.2) is 0 Å². The minimum absolute atomic E-state index is 0.562. The van der Waals surface area contributed by atoms with Crippen molar-refractivity contribution in [1.82, 2.24) is 0 Å². The highest BCUT2D eigenvalue weighted by molar-refractivity contribution is 5.88. The van der Waals surface area contributed by atoms with Crippen LogP contribution >= 0.6 is 0 Å². The number of aryl methyl sites for hydroxylation is 1. The largest absolute Gasteiger partial charge is 0.497 e. The molecule has 4 rings (SSSR count). The van der Waals surface area contributed by atoms with Gasteiger partial charge in [0, 0.05) is 17.5 Å². The molecule has 0 radical (unpaired) electrons. The van der Waals surface area contributed by atoms with Crippen molar-refractivity contribution in [2.24, 2.45) is 0 Å². The van der Waals surface area contributed by atoms with Gasteiger partial charge < -0.3 is 14.2 Å². The van der Waals surface area contributed by atoms with Crippen molar-refractivity contribution in [2.75, 3.05) is 20.8 Å². The molecular weight excluding hydrogens is 350 g/mol. The Kier molecular flexibility index (Phi) is 5.02. The topological polar surface area (TPSA) is 31.6 Å². The summed E-state index contributed by atoms with van der Waals surface area (Å²) >= 11 is 0. The van der Waals surface area contributed by atoms with Crippen LogP contribution in [0.1, 0.15) is 5.56 Å². The van der Waals surface area contributed by atoms with Crippen molar-refractivity contribution in [3.63, 3.8) is 0 Å². The zero-order chi connectivity index (χ0) is 19.5. The number of benzene rings is 3. The van der Waals surface area contributed by atoms with Crippen molar-refractivity contribution >= 4 is 21.7 Å². The maximum absolute atomic E-state index is 6.13. The fourth-order valence-electron chi connectivity index (χ4n) is 3.58. The van der Waals surface area contributed by atoms with E-state index >= 15 is 0 Å². The Hall–Kier alpha value is -3.27. The number of ether oxygens (including phenoxy) is 3. The Bertz CT molecular complexity index is 1130. The molecule has 0 aliphatic carbocycles. The van der Waals surface area contributed by atoms with Crippen LogP contribution in [0.4, 0.5) is 0 Å². The summed E-state index contributed by atoms with van der Waals surface area (Å²) in [5.41, 5.74) is 2.23. The average Bonchev–Trinajstić information content (AvgIpc) is 2.74. The first-order valence-corrected chi connectivity index (χ1v) is 9.36. The van der Waals surface area contributed by atoms with E-state index in [2.05, 4.69) is 48.0 Å². The third-order valence-electron chi connectivity index (χ3n) is 5.06. The van der Waals surface area contributed by atoms with Gasteiger partial charge in [-0.05, 0) is 30.0 Å². The number of hydrogen-bond acceptors (Lipinski definition) is 3. The highest BCUT2D eigenvalue weighted by atomic mass is 16.5. The Balaban J connectivity index is 1.64. The molecule has 0 N–H and O–H groups in total. The van der Waals surface area contributed by atoms with Crippen molar-refractivity contribution < 1.29 is 18.8 Å². The minimum Gasteiger partial charge on any atom is -0.497 e. The SMILES string of the molecule is COc1cc(OC)c2c(c1)c(C)cc[n+]2CCOc1cccc2ccccc12. The Morgan fingerprint density at radius 1 is 0.821 bits per heavy atom. The predicted octanol–water partition coefficient (Wildman–Crippen LogP) is 4.69. The van der Waals surface area contributed by atoms with Gasteiger partial charge in [-0.3, -0.25) is 0 Å². The molecule has 4 heteroatoms. The monoisotopic (exact) mass is 374 g/mol. The number of pyridine rings is 1. The number of fused-ring (bicyclic) bond motifs is 2. The van der Waals surface area contributed by atoms with Crippen LogP contribution in [0.5, 0.6) is 17.2 Å². The molecule has 0 saturated heterocycles. The molecule has 0 amide bonds. The Labute approximate surface area is 164 Å². The lowest BCUT2D eigenvalue weighted by Gasteiger charge is -2.11. The van der Waals surface area contributed by atoms with E-state index in [4.69, 9.17) is 14.2 Å². The van der Waals surface area contributed by atoms with Crippen LogP contribution < -0.4 is 18.8 Å². The molecule has 3 aromatic carbocycles. The first-order chi connectivity index (χ1) is 13.7. The van der Waals surface area contributed by atoms with Gasteiger partial charge in [0.1, 0.15) is 18.1 Å². The predicted molar refractivity (Wildman–Crippen MR) is 111 cm³/mol. The lowest BCUT2D eigenvalue weighted by atomic mass is 10.1. The van der Waals surface area contributed by atoms with Crippen LogP contribution in [0.15, 0.2) is 66.9 Å². The van der Waals surface area contributed by atoms with Gasteiger partial charge in [-0.1, -0.05) is 36.4 Å². The number of aromatic nitrogens is 1. The van der Waals surface area contributed by atoms with E-state index in [0.717, 1.165) is 33.5 Å². The van der Waals surface area contributed by atoms with Crippen molar-refractivity contribution in [2.45, 2.75) is 13.5 Å². The molecule has 28 heavy (non-hydrogen) atoms. The third kappa shape index (κ3) is 3.33. The summed E-state index contributed by atoms with van der Waals surface area (Å²) in [4.78, 5) is 0. The quantitative estimate of drug-likeness (QED) is 0.459. The Morgan fingerprint density at radius 3 is 2.46 bits per heavy atom. The van der Waals surface area contributed by atoms with Crippen LogP contribution in [-0.4, -0.2) is 20.8 Å². The fraction of sp³-hybridized carbons (Fsp3) is 0.208. The van der Waals surface area contributed by atoms with Gasteiger partial charge in [0.15, 0.2) is 18.5 Å². The van der Waals surface area contributed by atoms with E-state index in [1.165, 1.54) is 10.9 Å². The molecule has 0 aliphatic rings. The first-order valence-electron chi connectivity index (χ1n) is 9.36.